The molecular weight excluding hydrogens is 583 g/mol. The Labute approximate surface area is 277 Å². The smallest absolute Gasteiger partial charge is 0.136 e. The third kappa shape index (κ3) is 4.13. The van der Waals surface area contributed by atoms with E-state index in [0.717, 1.165) is 39.0 Å². The van der Waals surface area contributed by atoms with Gasteiger partial charge in [-0.05, 0) is 103 Å². The van der Waals surface area contributed by atoms with E-state index in [2.05, 4.69) is 181 Å². The molecule has 0 fully saturated rings. The molecule has 10 aromatic rings. The summed E-state index contributed by atoms with van der Waals surface area (Å²) in [4.78, 5) is 2.33. The van der Waals surface area contributed by atoms with Crippen molar-refractivity contribution in [3.05, 3.63) is 176 Å². The molecule has 9 aromatic carbocycles. The van der Waals surface area contributed by atoms with Crippen molar-refractivity contribution in [3.63, 3.8) is 0 Å². The summed E-state index contributed by atoms with van der Waals surface area (Å²) < 4.78 is 6.34. The lowest BCUT2D eigenvalue weighted by atomic mass is 9.92. The van der Waals surface area contributed by atoms with Crippen LogP contribution in [0.5, 0.6) is 0 Å². The third-order valence-electron chi connectivity index (χ3n) is 9.82. The molecule has 224 valence electrons. The average Bonchev–Trinajstić information content (AvgIpc) is 3.54. The maximum atomic E-state index is 6.34. The fraction of sp³-hybridized carbons (Fsp3) is 0. The lowest BCUT2D eigenvalue weighted by Crippen LogP contribution is -2.09. The second-order valence-electron chi connectivity index (χ2n) is 12.5. The number of nitrogens with zero attached hydrogens (tertiary/aromatic N) is 1. The lowest BCUT2D eigenvalue weighted by Gasteiger charge is -2.25. The maximum absolute atomic E-state index is 6.34. The zero-order valence-corrected chi connectivity index (χ0v) is 26.1. The van der Waals surface area contributed by atoms with E-state index in [4.69, 9.17) is 4.42 Å². The van der Waals surface area contributed by atoms with Gasteiger partial charge in [0.2, 0.25) is 0 Å². The normalized spacial score (nSPS) is 11.8. The fourth-order valence-electron chi connectivity index (χ4n) is 7.60. The number of rotatable bonds is 4. The van der Waals surface area contributed by atoms with Gasteiger partial charge in [-0.3, -0.25) is 0 Å². The van der Waals surface area contributed by atoms with Gasteiger partial charge in [0, 0.05) is 27.8 Å². The SMILES string of the molecule is c1ccc(N(c2ccc(-c3cccc4c3ccc3ccc5ccccc5c34)cc2)c2ccc3oc4ccc5ccccc5c4c3c2)cc1. The van der Waals surface area contributed by atoms with E-state index < -0.39 is 0 Å². The zero-order valence-electron chi connectivity index (χ0n) is 26.1. The summed E-state index contributed by atoms with van der Waals surface area (Å²) >= 11 is 0. The highest BCUT2D eigenvalue weighted by Crippen LogP contribution is 2.42. The molecule has 0 bridgehead atoms. The van der Waals surface area contributed by atoms with E-state index in [0.29, 0.717) is 0 Å². The van der Waals surface area contributed by atoms with E-state index >= 15 is 0 Å². The molecule has 0 atom stereocenters. The second-order valence-corrected chi connectivity index (χ2v) is 12.5. The first kappa shape index (κ1) is 26.8. The molecule has 2 heteroatoms. The summed E-state index contributed by atoms with van der Waals surface area (Å²) in [5.74, 6) is 0. The molecule has 0 spiro atoms. The van der Waals surface area contributed by atoms with Gasteiger partial charge in [0.05, 0.1) is 0 Å². The molecule has 0 radical (unpaired) electrons. The van der Waals surface area contributed by atoms with Crippen molar-refractivity contribution >= 4 is 82.1 Å². The van der Waals surface area contributed by atoms with Gasteiger partial charge in [-0.1, -0.05) is 127 Å². The summed E-state index contributed by atoms with van der Waals surface area (Å²) in [5, 5.41) is 12.4. The number of benzene rings is 9. The Bertz CT molecular complexity index is 2830. The summed E-state index contributed by atoms with van der Waals surface area (Å²) in [5.41, 5.74) is 7.51. The predicted octanol–water partition coefficient (Wildman–Crippen LogP) is 13.3. The molecule has 0 aliphatic heterocycles. The summed E-state index contributed by atoms with van der Waals surface area (Å²) in [6.07, 6.45) is 0. The Morgan fingerprint density at radius 1 is 0.333 bits per heavy atom. The fourth-order valence-corrected chi connectivity index (χ4v) is 7.60. The summed E-state index contributed by atoms with van der Waals surface area (Å²) in [7, 11) is 0. The molecule has 1 aromatic heterocycles. The minimum atomic E-state index is 0.893. The Balaban J connectivity index is 1.12. The summed E-state index contributed by atoms with van der Waals surface area (Å²) in [6.45, 7) is 0. The van der Waals surface area contributed by atoms with Gasteiger partial charge in [-0.2, -0.15) is 0 Å². The number of furan rings is 1. The van der Waals surface area contributed by atoms with Crippen molar-refractivity contribution in [1.29, 1.82) is 0 Å². The standard InChI is InChI=1S/C46H29NO/c1-2-11-34(12-3-1)47(36-25-28-43-42(29-36)46-39-14-7-5-10-31(39)22-27-44(46)48-43)35-23-19-32(20-24-35)37-15-8-16-41-40(37)26-21-33-18-17-30-9-4-6-13-38(30)45(33)41/h1-29H. The summed E-state index contributed by atoms with van der Waals surface area (Å²) in [6, 6.07) is 63.3. The van der Waals surface area contributed by atoms with E-state index in [1.54, 1.807) is 0 Å². The molecule has 10 rings (SSSR count). The van der Waals surface area contributed by atoms with Crippen molar-refractivity contribution < 1.29 is 4.42 Å². The van der Waals surface area contributed by atoms with Crippen LogP contribution in [-0.2, 0) is 0 Å². The van der Waals surface area contributed by atoms with Crippen LogP contribution in [0.1, 0.15) is 0 Å². The largest absolute Gasteiger partial charge is 0.456 e. The first-order valence-corrected chi connectivity index (χ1v) is 16.4. The highest BCUT2D eigenvalue weighted by Gasteiger charge is 2.17. The predicted molar refractivity (Wildman–Crippen MR) is 204 cm³/mol. The molecule has 0 amide bonds. The van der Waals surface area contributed by atoms with Crippen molar-refractivity contribution in [2.75, 3.05) is 4.90 Å². The molecule has 0 saturated carbocycles. The number of hydrogen-bond acceptors (Lipinski definition) is 2. The third-order valence-corrected chi connectivity index (χ3v) is 9.82. The molecule has 2 nitrogen and oxygen atoms in total. The highest BCUT2D eigenvalue weighted by atomic mass is 16.3. The van der Waals surface area contributed by atoms with Crippen LogP contribution >= 0.6 is 0 Å². The van der Waals surface area contributed by atoms with Gasteiger partial charge >= 0.3 is 0 Å². The molecule has 0 aliphatic carbocycles. The molecule has 0 N–H and O–H groups in total. The van der Waals surface area contributed by atoms with Crippen LogP contribution in [0, 0.1) is 0 Å². The van der Waals surface area contributed by atoms with Crippen LogP contribution in [0.15, 0.2) is 180 Å². The Morgan fingerprint density at radius 2 is 0.938 bits per heavy atom. The van der Waals surface area contributed by atoms with Crippen molar-refractivity contribution in [2.45, 2.75) is 0 Å². The van der Waals surface area contributed by atoms with Crippen molar-refractivity contribution in [2.24, 2.45) is 0 Å². The number of fused-ring (bicyclic) bond motifs is 10. The van der Waals surface area contributed by atoms with Gasteiger partial charge in [-0.15, -0.1) is 0 Å². The van der Waals surface area contributed by atoms with Crippen LogP contribution in [0.2, 0.25) is 0 Å². The minimum Gasteiger partial charge on any atom is -0.456 e. The average molecular weight is 612 g/mol. The van der Waals surface area contributed by atoms with E-state index in [1.165, 1.54) is 54.2 Å². The molecule has 0 unspecified atom stereocenters. The van der Waals surface area contributed by atoms with Crippen LogP contribution in [0.4, 0.5) is 17.1 Å². The quantitative estimate of drug-likeness (QED) is 0.184. The van der Waals surface area contributed by atoms with Crippen LogP contribution in [0.25, 0.3) is 76.2 Å². The molecule has 1 heterocycles. The molecule has 0 saturated heterocycles. The van der Waals surface area contributed by atoms with Crippen molar-refractivity contribution in [1.82, 2.24) is 0 Å². The number of anilines is 3. The maximum Gasteiger partial charge on any atom is 0.136 e. The van der Waals surface area contributed by atoms with Crippen molar-refractivity contribution in [3.8, 4) is 11.1 Å². The van der Waals surface area contributed by atoms with E-state index in [9.17, 15) is 0 Å². The van der Waals surface area contributed by atoms with Gasteiger partial charge in [0.25, 0.3) is 0 Å². The Hall–Kier alpha value is -6.38. The first-order valence-electron chi connectivity index (χ1n) is 16.4. The topological polar surface area (TPSA) is 16.4 Å². The second kappa shape index (κ2) is 10.6. The monoisotopic (exact) mass is 611 g/mol. The Morgan fingerprint density at radius 3 is 1.75 bits per heavy atom. The molecule has 48 heavy (non-hydrogen) atoms. The van der Waals surface area contributed by atoms with E-state index in [-0.39, 0.29) is 0 Å². The van der Waals surface area contributed by atoms with Gasteiger partial charge in [-0.25, -0.2) is 0 Å². The lowest BCUT2D eigenvalue weighted by molar-refractivity contribution is 0.669. The van der Waals surface area contributed by atoms with Gasteiger partial charge in [0.1, 0.15) is 11.2 Å². The van der Waals surface area contributed by atoms with Gasteiger partial charge < -0.3 is 9.32 Å². The minimum absolute atomic E-state index is 0.893. The Kier molecular flexibility index (Phi) is 5.91. The van der Waals surface area contributed by atoms with Crippen LogP contribution in [0.3, 0.4) is 0 Å². The van der Waals surface area contributed by atoms with Gasteiger partial charge in [0.15, 0.2) is 0 Å². The molecule has 0 aliphatic rings. The van der Waals surface area contributed by atoms with Crippen LogP contribution < -0.4 is 4.90 Å². The van der Waals surface area contributed by atoms with Crippen LogP contribution in [-0.4, -0.2) is 0 Å². The first-order chi connectivity index (χ1) is 23.8. The molecular formula is C46H29NO. The number of para-hydroxylation sites is 1. The van der Waals surface area contributed by atoms with E-state index in [1.807, 2.05) is 0 Å². The highest BCUT2D eigenvalue weighted by molar-refractivity contribution is 6.22. The zero-order chi connectivity index (χ0) is 31.6. The number of hydrogen-bond donors (Lipinski definition) is 0.